The third-order valence-corrected chi connectivity index (χ3v) is 3.22. The van der Waals surface area contributed by atoms with E-state index in [0.717, 1.165) is 29.2 Å². The first-order chi connectivity index (χ1) is 8.74. The molecule has 0 bridgehead atoms. The Morgan fingerprint density at radius 3 is 2.89 bits per heavy atom. The summed E-state index contributed by atoms with van der Waals surface area (Å²) in [7, 11) is 0. The first-order valence-electron chi connectivity index (χ1n) is 6.31. The van der Waals surface area contributed by atoms with E-state index in [2.05, 4.69) is 4.98 Å². The van der Waals surface area contributed by atoms with Crippen LogP contribution in [0, 0.1) is 5.92 Å². The molecule has 0 saturated heterocycles. The summed E-state index contributed by atoms with van der Waals surface area (Å²) < 4.78 is 0. The van der Waals surface area contributed by atoms with Crippen molar-refractivity contribution in [3.05, 3.63) is 42.2 Å². The number of ketones is 1. The topological polar surface area (TPSA) is 56.0 Å². The van der Waals surface area contributed by atoms with Crippen molar-refractivity contribution in [2.75, 3.05) is 6.54 Å². The minimum absolute atomic E-state index is 0.00107. The fraction of sp³-hybridized carbons (Fsp3) is 0.333. The van der Waals surface area contributed by atoms with E-state index in [0.29, 0.717) is 6.54 Å². The Kier molecular flexibility index (Phi) is 4.05. The van der Waals surface area contributed by atoms with Crippen LogP contribution in [0.4, 0.5) is 0 Å². The monoisotopic (exact) mass is 242 g/mol. The van der Waals surface area contributed by atoms with Crippen LogP contribution in [0.15, 0.2) is 36.7 Å². The number of Topliss-reactive ketones (excluding diaryl/α,β-unsaturated/α-hetero) is 1. The molecule has 1 heterocycles. The van der Waals surface area contributed by atoms with Crippen LogP contribution in [-0.2, 0) is 0 Å². The van der Waals surface area contributed by atoms with Gasteiger partial charge >= 0.3 is 0 Å². The molecule has 3 heteroatoms. The second-order valence-corrected chi connectivity index (χ2v) is 4.60. The Labute approximate surface area is 107 Å². The number of benzene rings is 1. The Bertz CT molecular complexity index is 546. The highest BCUT2D eigenvalue weighted by atomic mass is 16.1. The molecular weight excluding hydrogens is 224 g/mol. The third-order valence-electron chi connectivity index (χ3n) is 3.22. The first-order valence-corrected chi connectivity index (χ1v) is 6.31. The van der Waals surface area contributed by atoms with Gasteiger partial charge in [-0.2, -0.15) is 0 Å². The Hall–Kier alpha value is -1.74. The molecule has 0 aliphatic heterocycles. The van der Waals surface area contributed by atoms with Gasteiger partial charge in [0.2, 0.25) is 0 Å². The van der Waals surface area contributed by atoms with Crippen LogP contribution in [0.25, 0.3) is 10.8 Å². The van der Waals surface area contributed by atoms with E-state index in [4.69, 9.17) is 5.73 Å². The number of fused-ring (bicyclic) bond motifs is 1. The van der Waals surface area contributed by atoms with Gasteiger partial charge < -0.3 is 5.73 Å². The molecule has 0 aliphatic carbocycles. The van der Waals surface area contributed by atoms with E-state index >= 15 is 0 Å². The fourth-order valence-corrected chi connectivity index (χ4v) is 2.13. The normalized spacial score (nSPS) is 12.6. The SMILES string of the molecule is CC(CCCN)C(=O)c1cncc2ccccc12. The van der Waals surface area contributed by atoms with Crippen molar-refractivity contribution in [1.29, 1.82) is 0 Å². The predicted molar refractivity (Wildman–Crippen MR) is 73.5 cm³/mol. The lowest BCUT2D eigenvalue weighted by Gasteiger charge is -2.11. The first kappa shape index (κ1) is 12.7. The molecule has 1 unspecified atom stereocenters. The minimum atomic E-state index is 0.00107. The third kappa shape index (κ3) is 2.57. The molecule has 2 rings (SSSR count). The highest BCUT2D eigenvalue weighted by Gasteiger charge is 2.17. The van der Waals surface area contributed by atoms with Crippen molar-refractivity contribution in [3.8, 4) is 0 Å². The number of carbonyl (C=O) groups is 1. The zero-order chi connectivity index (χ0) is 13.0. The maximum absolute atomic E-state index is 12.4. The molecule has 0 saturated carbocycles. The average molecular weight is 242 g/mol. The Morgan fingerprint density at radius 1 is 1.33 bits per heavy atom. The van der Waals surface area contributed by atoms with Crippen LogP contribution in [0.1, 0.15) is 30.1 Å². The van der Waals surface area contributed by atoms with E-state index in [1.165, 1.54) is 0 Å². The van der Waals surface area contributed by atoms with Crippen molar-refractivity contribution in [2.24, 2.45) is 11.7 Å². The molecule has 0 fully saturated rings. The summed E-state index contributed by atoms with van der Waals surface area (Å²) in [5.41, 5.74) is 6.20. The number of rotatable bonds is 5. The largest absolute Gasteiger partial charge is 0.330 e. The van der Waals surface area contributed by atoms with Crippen LogP contribution in [0.2, 0.25) is 0 Å². The molecule has 1 atom stereocenters. The van der Waals surface area contributed by atoms with Gasteiger partial charge in [0.25, 0.3) is 0 Å². The second kappa shape index (κ2) is 5.74. The molecule has 0 aliphatic rings. The number of aromatic nitrogens is 1. The van der Waals surface area contributed by atoms with Gasteiger partial charge in [0.15, 0.2) is 5.78 Å². The van der Waals surface area contributed by atoms with E-state index < -0.39 is 0 Å². The number of pyridine rings is 1. The fourth-order valence-electron chi connectivity index (χ4n) is 2.13. The lowest BCUT2D eigenvalue weighted by Crippen LogP contribution is -2.14. The Morgan fingerprint density at radius 2 is 2.11 bits per heavy atom. The summed E-state index contributed by atoms with van der Waals surface area (Å²) >= 11 is 0. The summed E-state index contributed by atoms with van der Waals surface area (Å²) in [4.78, 5) is 16.5. The molecule has 0 spiro atoms. The van der Waals surface area contributed by atoms with Crippen molar-refractivity contribution in [1.82, 2.24) is 4.98 Å². The van der Waals surface area contributed by atoms with Crippen molar-refractivity contribution < 1.29 is 4.79 Å². The number of hydrogen-bond donors (Lipinski definition) is 1. The lowest BCUT2D eigenvalue weighted by molar-refractivity contribution is 0.0924. The van der Waals surface area contributed by atoms with E-state index in [9.17, 15) is 4.79 Å². The maximum Gasteiger partial charge on any atom is 0.167 e. The highest BCUT2D eigenvalue weighted by molar-refractivity contribution is 6.08. The molecule has 0 radical (unpaired) electrons. The molecule has 2 aromatic rings. The molecule has 2 N–H and O–H groups in total. The molecule has 1 aromatic heterocycles. The Balaban J connectivity index is 2.33. The predicted octanol–water partition coefficient (Wildman–Crippen LogP) is 2.79. The smallest absolute Gasteiger partial charge is 0.167 e. The number of hydrogen-bond acceptors (Lipinski definition) is 3. The van der Waals surface area contributed by atoms with Gasteiger partial charge in [-0.1, -0.05) is 31.2 Å². The van der Waals surface area contributed by atoms with Gasteiger partial charge in [-0.3, -0.25) is 9.78 Å². The summed E-state index contributed by atoms with van der Waals surface area (Å²) in [5.74, 6) is 0.161. The number of nitrogens with two attached hydrogens (primary N) is 1. The van der Waals surface area contributed by atoms with E-state index in [-0.39, 0.29) is 11.7 Å². The van der Waals surface area contributed by atoms with Crippen LogP contribution in [0.3, 0.4) is 0 Å². The summed E-state index contributed by atoms with van der Waals surface area (Å²) in [6.45, 7) is 2.59. The molecule has 18 heavy (non-hydrogen) atoms. The molecule has 0 amide bonds. The van der Waals surface area contributed by atoms with E-state index in [1.54, 1.807) is 12.4 Å². The molecule has 1 aromatic carbocycles. The highest BCUT2D eigenvalue weighted by Crippen LogP contribution is 2.21. The average Bonchev–Trinajstić information content (AvgIpc) is 2.43. The quantitative estimate of drug-likeness (QED) is 0.820. The molecule has 94 valence electrons. The van der Waals surface area contributed by atoms with Gasteiger partial charge in [0.1, 0.15) is 0 Å². The molecular formula is C15H18N2O. The minimum Gasteiger partial charge on any atom is -0.330 e. The zero-order valence-electron chi connectivity index (χ0n) is 10.6. The summed E-state index contributed by atoms with van der Waals surface area (Å²) in [5, 5.41) is 1.99. The van der Waals surface area contributed by atoms with Crippen LogP contribution in [-0.4, -0.2) is 17.3 Å². The lowest BCUT2D eigenvalue weighted by atomic mass is 9.93. The van der Waals surface area contributed by atoms with E-state index in [1.807, 2.05) is 31.2 Å². The van der Waals surface area contributed by atoms with Gasteiger partial charge in [-0.05, 0) is 24.8 Å². The van der Waals surface area contributed by atoms with Crippen molar-refractivity contribution >= 4 is 16.6 Å². The van der Waals surface area contributed by atoms with Gasteiger partial charge in [-0.25, -0.2) is 0 Å². The van der Waals surface area contributed by atoms with Crippen molar-refractivity contribution in [3.63, 3.8) is 0 Å². The summed E-state index contributed by atoms with van der Waals surface area (Å²) in [6, 6.07) is 7.85. The van der Waals surface area contributed by atoms with Gasteiger partial charge in [-0.15, -0.1) is 0 Å². The maximum atomic E-state index is 12.4. The zero-order valence-corrected chi connectivity index (χ0v) is 10.6. The van der Waals surface area contributed by atoms with Gasteiger partial charge in [0.05, 0.1) is 0 Å². The van der Waals surface area contributed by atoms with Crippen LogP contribution < -0.4 is 5.73 Å². The molecule has 3 nitrogen and oxygen atoms in total. The number of carbonyl (C=O) groups excluding carboxylic acids is 1. The van der Waals surface area contributed by atoms with Crippen LogP contribution >= 0.6 is 0 Å². The summed E-state index contributed by atoms with van der Waals surface area (Å²) in [6.07, 6.45) is 5.17. The van der Waals surface area contributed by atoms with Gasteiger partial charge in [0, 0.05) is 29.3 Å². The second-order valence-electron chi connectivity index (χ2n) is 4.60. The standard InChI is InChI=1S/C15H18N2O/c1-11(5-4-8-16)15(18)14-10-17-9-12-6-2-3-7-13(12)14/h2-3,6-7,9-11H,4-5,8,16H2,1H3. The van der Waals surface area contributed by atoms with Crippen molar-refractivity contribution in [2.45, 2.75) is 19.8 Å². The van der Waals surface area contributed by atoms with Crippen LogP contribution in [0.5, 0.6) is 0 Å². The number of nitrogens with zero attached hydrogens (tertiary/aromatic N) is 1.